The second kappa shape index (κ2) is 9.30. The Balaban J connectivity index is 1.84. The van der Waals surface area contributed by atoms with Crippen molar-refractivity contribution < 1.29 is 14.3 Å². The summed E-state index contributed by atoms with van der Waals surface area (Å²) in [5, 5.41) is 13.5. The molecule has 25 heavy (non-hydrogen) atoms. The van der Waals surface area contributed by atoms with Crippen molar-refractivity contribution in [3.05, 3.63) is 71.0 Å². The van der Waals surface area contributed by atoms with Gasteiger partial charge in [-0.3, -0.25) is 4.79 Å². The minimum Gasteiger partial charge on any atom is -0.387 e. The van der Waals surface area contributed by atoms with Crippen LogP contribution in [-0.4, -0.2) is 23.6 Å². The number of aliphatic hydroxyl groups excluding tert-OH is 1. The number of nitrogens with two attached hydrogens (primary N) is 1. The Bertz CT molecular complexity index is 688. The summed E-state index contributed by atoms with van der Waals surface area (Å²) in [4.78, 5) is 11.1. The van der Waals surface area contributed by atoms with Crippen LogP contribution < -0.4 is 11.1 Å². The van der Waals surface area contributed by atoms with Gasteiger partial charge in [-0.2, -0.15) is 0 Å². The Morgan fingerprint density at radius 3 is 2.48 bits per heavy atom. The van der Waals surface area contributed by atoms with Crippen molar-refractivity contribution >= 4 is 5.91 Å². The molecule has 2 unspecified atom stereocenters. The molecule has 2 aromatic carbocycles. The molecule has 1 amide bonds. The number of amides is 1. The highest BCUT2D eigenvalue weighted by atomic mass is 19.1. The van der Waals surface area contributed by atoms with E-state index in [1.165, 1.54) is 6.07 Å². The number of carbonyl (C=O) groups is 1. The van der Waals surface area contributed by atoms with Gasteiger partial charge in [-0.25, -0.2) is 4.39 Å². The highest BCUT2D eigenvalue weighted by Crippen LogP contribution is 2.16. The second-order valence-corrected chi connectivity index (χ2v) is 6.15. The maximum atomic E-state index is 13.7. The predicted molar refractivity (Wildman–Crippen MR) is 96.7 cm³/mol. The van der Waals surface area contributed by atoms with Crippen LogP contribution in [0.4, 0.5) is 4.39 Å². The number of carbonyl (C=O) groups excluding carboxylic acids is 1. The molecule has 0 radical (unpaired) electrons. The van der Waals surface area contributed by atoms with E-state index in [9.17, 15) is 14.3 Å². The normalized spacial score (nSPS) is 13.4. The van der Waals surface area contributed by atoms with E-state index in [0.29, 0.717) is 17.7 Å². The van der Waals surface area contributed by atoms with Crippen molar-refractivity contribution in [2.24, 2.45) is 5.73 Å². The summed E-state index contributed by atoms with van der Waals surface area (Å²) in [6.45, 7) is 2.38. The van der Waals surface area contributed by atoms with E-state index in [1.54, 1.807) is 30.3 Å². The molecule has 0 fully saturated rings. The fourth-order valence-corrected chi connectivity index (χ4v) is 2.76. The average Bonchev–Trinajstić information content (AvgIpc) is 2.62. The van der Waals surface area contributed by atoms with Gasteiger partial charge in [0.25, 0.3) is 0 Å². The highest BCUT2D eigenvalue weighted by Gasteiger charge is 2.14. The molecule has 0 heterocycles. The molecular weight excluding hydrogens is 319 g/mol. The number of aliphatic hydroxyl groups is 1. The smallest absolute Gasteiger partial charge is 0.248 e. The molecule has 0 spiro atoms. The molecule has 0 saturated carbocycles. The van der Waals surface area contributed by atoms with Crippen LogP contribution in [0.15, 0.2) is 48.5 Å². The van der Waals surface area contributed by atoms with E-state index in [2.05, 4.69) is 12.2 Å². The molecule has 0 saturated heterocycles. The summed E-state index contributed by atoms with van der Waals surface area (Å²) in [7, 11) is 0. The lowest BCUT2D eigenvalue weighted by Crippen LogP contribution is -2.33. The maximum Gasteiger partial charge on any atom is 0.248 e. The highest BCUT2D eigenvalue weighted by molar-refractivity contribution is 5.92. The zero-order valence-electron chi connectivity index (χ0n) is 14.4. The molecule has 2 atom stereocenters. The molecule has 0 aliphatic heterocycles. The number of nitrogens with one attached hydrogen (secondary N) is 1. The number of rotatable bonds is 9. The van der Waals surface area contributed by atoms with Crippen LogP contribution in [0.1, 0.15) is 47.4 Å². The number of hydrogen-bond donors (Lipinski definition) is 3. The third-order valence-corrected chi connectivity index (χ3v) is 4.38. The number of aryl methyl sites for hydroxylation is 1. The van der Waals surface area contributed by atoms with Crippen molar-refractivity contribution in [1.82, 2.24) is 5.32 Å². The molecule has 2 rings (SSSR count). The van der Waals surface area contributed by atoms with Gasteiger partial charge in [-0.15, -0.1) is 0 Å². The summed E-state index contributed by atoms with van der Waals surface area (Å²) in [6.07, 6.45) is 1.77. The largest absolute Gasteiger partial charge is 0.387 e. The quantitative estimate of drug-likeness (QED) is 0.655. The van der Waals surface area contributed by atoms with Crippen LogP contribution in [-0.2, 0) is 6.42 Å². The molecular formula is C20H25FN2O2. The van der Waals surface area contributed by atoms with Gasteiger partial charge in [-0.1, -0.05) is 37.3 Å². The van der Waals surface area contributed by atoms with E-state index >= 15 is 0 Å². The van der Waals surface area contributed by atoms with Gasteiger partial charge in [0.1, 0.15) is 5.82 Å². The molecule has 5 heteroatoms. The monoisotopic (exact) mass is 344 g/mol. The summed E-state index contributed by atoms with van der Waals surface area (Å²) < 4.78 is 13.7. The SMILES string of the molecule is CCC(CCc1ccc(C(N)=O)cc1)NCC(O)c1ccccc1F. The van der Waals surface area contributed by atoms with Crippen LogP contribution >= 0.6 is 0 Å². The summed E-state index contributed by atoms with van der Waals surface area (Å²) >= 11 is 0. The number of halogens is 1. The van der Waals surface area contributed by atoms with Gasteiger partial charge in [0.15, 0.2) is 0 Å². The van der Waals surface area contributed by atoms with Gasteiger partial charge in [0, 0.05) is 23.7 Å². The molecule has 4 nitrogen and oxygen atoms in total. The predicted octanol–water partition coefficient (Wildman–Crippen LogP) is 2.96. The third kappa shape index (κ3) is 5.66. The maximum absolute atomic E-state index is 13.7. The van der Waals surface area contributed by atoms with E-state index in [4.69, 9.17) is 5.73 Å². The lowest BCUT2D eigenvalue weighted by Gasteiger charge is -2.20. The second-order valence-electron chi connectivity index (χ2n) is 6.15. The van der Waals surface area contributed by atoms with E-state index < -0.39 is 12.0 Å². The van der Waals surface area contributed by atoms with E-state index in [-0.39, 0.29) is 11.9 Å². The summed E-state index contributed by atoms with van der Waals surface area (Å²) in [5.41, 5.74) is 7.17. The summed E-state index contributed by atoms with van der Waals surface area (Å²) in [5.74, 6) is -0.818. The standard InChI is InChI=1S/C20H25FN2O2/c1-2-16(12-9-14-7-10-15(11-8-14)20(22)25)23-13-19(24)17-5-3-4-6-18(17)21/h3-8,10-11,16,19,23-24H,2,9,12-13H2,1H3,(H2,22,25). The topological polar surface area (TPSA) is 75.4 Å². The summed E-state index contributed by atoms with van der Waals surface area (Å²) in [6, 6.07) is 13.8. The Labute approximate surface area is 147 Å². The zero-order valence-corrected chi connectivity index (χ0v) is 14.4. The zero-order chi connectivity index (χ0) is 18.2. The van der Waals surface area contributed by atoms with Crippen LogP contribution in [0.3, 0.4) is 0 Å². The lowest BCUT2D eigenvalue weighted by molar-refractivity contribution is 0.1000. The first-order valence-electron chi connectivity index (χ1n) is 8.56. The van der Waals surface area contributed by atoms with Gasteiger partial charge < -0.3 is 16.2 Å². The Kier molecular flexibility index (Phi) is 7.10. The van der Waals surface area contributed by atoms with Crippen molar-refractivity contribution in [2.45, 2.75) is 38.3 Å². The number of hydrogen-bond acceptors (Lipinski definition) is 3. The van der Waals surface area contributed by atoms with Crippen molar-refractivity contribution in [3.8, 4) is 0 Å². The van der Waals surface area contributed by atoms with Gasteiger partial charge in [-0.05, 0) is 43.0 Å². The fourth-order valence-electron chi connectivity index (χ4n) is 2.76. The fraction of sp³-hybridized carbons (Fsp3) is 0.350. The van der Waals surface area contributed by atoms with Gasteiger partial charge in [0.05, 0.1) is 6.10 Å². The van der Waals surface area contributed by atoms with Crippen LogP contribution in [0.25, 0.3) is 0 Å². The molecule has 0 aromatic heterocycles. The molecule has 0 bridgehead atoms. The third-order valence-electron chi connectivity index (χ3n) is 4.38. The minimum absolute atomic E-state index is 0.220. The molecule has 0 aliphatic rings. The van der Waals surface area contributed by atoms with Crippen molar-refractivity contribution in [2.75, 3.05) is 6.54 Å². The lowest BCUT2D eigenvalue weighted by atomic mass is 10.0. The van der Waals surface area contributed by atoms with Gasteiger partial charge in [0.2, 0.25) is 5.91 Å². The molecule has 134 valence electrons. The van der Waals surface area contributed by atoms with Crippen molar-refractivity contribution in [3.63, 3.8) is 0 Å². The molecule has 4 N–H and O–H groups in total. The Morgan fingerprint density at radius 1 is 1.20 bits per heavy atom. The van der Waals surface area contributed by atoms with Crippen LogP contribution in [0, 0.1) is 5.82 Å². The first-order valence-corrected chi connectivity index (χ1v) is 8.56. The molecule has 0 aliphatic carbocycles. The van der Waals surface area contributed by atoms with Crippen LogP contribution in [0.5, 0.6) is 0 Å². The minimum atomic E-state index is -0.870. The average molecular weight is 344 g/mol. The first-order chi connectivity index (χ1) is 12.0. The van der Waals surface area contributed by atoms with E-state index in [0.717, 1.165) is 24.8 Å². The van der Waals surface area contributed by atoms with Crippen LogP contribution in [0.2, 0.25) is 0 Å². The van der Waals surface area contributed by atoms with Crippen molar-refractivity contribution in [1.29, 1.82) is 0 Å². The van der Waals surface area contributed by atoms with Gasteiger partial charge >= 0.3 is 0 Å². The first kappa shape index (κ1) is 19.1. The number of benzene rings is 2. The van der Waals surface area contributed by atoms with E-state index in [1.807, 2.05) is 12.1 Å². The Morgan fingerprint density at radius 2 is 1.88 bits per heavy atom. The molecule has 2 aromatic rings. The number of primary amides is 1. The Hall–Kier alpha value is -2.24.